The first-order chi connectivity index (χ1) is 9.06. The number of anilines is 1. The van der Waals surface area contributed by atoms with Gasteiger partial charge >= 0.3 is 6.01 Å². The van der Waals surface area contributed by atoms with E-state index in [2.05, 4.69) is 47.0 Å². The number of nitrogens with two attached hydrogens (primary N) is 1. The van der Waals surface area contributed by atoms with E-state index in [0.717, 1.165) is 5.75 Å². The maximum atomic E-state index is 5.60. The van der Waals surface area contributed by atoms with E-state index in [0.29, 0.717) is 5.16 Å². The number of hydrogen-bond acceptors (Lipinski definition) is 6. The quantitative estimate of drug-likeness (QED) is 0.864. The normalized spacial score (nSPS) is 10.5. The minimum atomic E-state index is 0.176. The molecule has 0 atom stereocenters. The summed E-state index contributed by atoms with van der Waals surface area (Å²) in [6.07, 6.45) is 0. The molecular formula is C13H16N4OS. The highest BCUT2D eigenvalue weighted by atomic mass is 32.2. The molecule has 1 heterocycles. The summed E-state index contributed by atoms with van der Waals surface area (Å²) < 4.78 is 4.97. The van der Waals surface area contributed by atoms with Gasteiger partial charge in [-0.15, -0.1) is 0 Å². The molecule has 0 saturated heterocycles. The first-order valence-corrected chi connectivity index (χ1v) is 6.81. The van der Waals surface area contributed by atoms with Crippen LogP contribution >= 0.6 is 11.8 Å². The molecule has 2 N–H and O–H groups in total. The van der Waals surface area contributed by atoms with Crippen LogP contribution in [0.4, 0.5) is 5.95 Å². The first kappa shape index (κ1) is 13.6. The van der Waals surface area contributed by atoms with Crippen molar-refractivity contribution in [2.45, 2.75) is 24.8 Å². The molecule has 0 fully saturated rings. The Morgan fingerprint density at radius 3 is 2.42 bits per heavy atom. The van der Waals surface area contributed by atoms with Crippen molar-refractivity contribution in [1.82, 2.24) is 15.0 Å². The van der Waals surface area contributed by atoms with E-state index in [9.17, 15) is 0 Å². The van der Waals surface area contributed by atoms with Gasteiger partial charge in [0.1, 0.15) is 0 Å². The highest BCUT2D eigenvalue weighted by Gasteiger charge is 2.06. The molecular weight excluding hydrogens is 260 g/mol. The number of ether oxygens (including phenoxy) is 1. The molecule has 6 heteroatoms. The molecule has 0 bridgehead atoms. The summed E-state index contributed by atoms with van der Waals surface area (Å²) in [4.78, 5) is 12.1. The number of thioether (sulfide) groups is 1. The van der Waals surface area contributed by atoms with Crippen molar-refractivity contribution in [3.05, 3.63) is 34.9 Å². The molecule has 2 rings (SSSR count). The van der Waals surface area contributed by atoms with E-state index in [4.69, 9.17) is 10.5 Å². The lowest BCUT2D eigenvalue weighted by Gasteiger charge is -2.05. The van der Waals surface area contributed by atoms with Crippen LogP contribution in [0.25, 0.3) is 0 Å². The zero-order valence-electron chi connectivity index (χ0n) is 11.2. The smallest absolute Gasteiger partial charge is 0.321 e. The average Bonchev–Trinajstić information content (AvgIpc) is 2.34. The second-order valence-electron chi connectivity index (χ2n) is 4.25. The van der Waals surface area contributed by atoms with Crippen molar-refractivity contribution in [2.24, 2.45) is 0 Å². The molecule has 0 aliphatic rings. The minimum absolute atomic E-state index is 0.176. The highest BCUT2D eigenvalue weighted by Crippen LogP contribution is 2.22. The van der Waals surface area contributed by atoms with E-state index in [1.807, 2.05) is 0 Å². The van der Waals surface area contributed by atoms with Crippen LogP contribution in [0.5, 0.6) is 6.01 Å². The molecule has 19 heavy (non-hydrogen) atoms. The second-order valence-corrected chi connectivity index (χ2v) is 5.19. The summed E-state index contributed by atoms with van der Waals surface area (Å²) in [5, 5.41) is 0.573. The third kappa shape index (κ3) is 3.82. The fourth-order valence-corrected chi connectivity index (χ4v) is 2.57. The Kier molecular flexibility index (Phi) is 4.21. The van der Waals surface area contributed by atoms with Crippen molar-refractivity contribution in [3.8, 4) is 6.01 Å². The number of aromatic nitrogens is 3. The lowest BCUT2D eigenvalue weighted by molar-refractivity contribution is 0.374. The zero-order valence-corrected chi connectivity index (χ0v) is 12.0. The standard InChI is InChI=1S/C13H16N4OS/c1-8-4-9(2)6-10(5-8)7-19-13-16-11(14)15-12(17-13)18-3/h4-6H,7H2,1-3H3,(H2,14,15,16,17). The molecule has 2 aromatic rings. The lowest BCUT2D eigenvalue weighted by Crippen LogP contribution is -2.02. The Labute approximate surface area is 116 Å². The number of benzene rings is 1. The summed E-state index contributed by atoms with van der Waals surface area (Å²) in [5.41, 5.74) is 9.34. The van der Waals surface area contributed by atoms with Gasteiger partial charge in [0.2, 0.25) is 5.95 Å². The van der Waals surface area contributed by atoms with E-state index in [1.165, 1.54) is 35.6 Å². The number of rotatable bonds is 4. The molecule has 0 radical (unpaired) electrons. The van der Waals surface area contributed by atoms with Crippen molar-refractivity contribution in [2.75, 3.05) is 12.8 Å². The van der Waals surface area contributed by atoms with Gasteiger partial charge < -0.3 is 10.5 Å². The van der Waals surface area contributed by atoms with Crippen LogP contribution in [0.1, 0.15) is 16.7 Å². The number of methoxy groups -OCH3 is 1. The number of hydrogen-bond donors (Lipinski definition) is 1. The van der Waals surface area contributed by atoms with Crippen LogP contribution in [0.2, 0.25) is 0 Å². The fraction of sp³-hybridized carbons (Fsp3) is 0.308. The second kappa shape index (κ2) is 5.88. The van der Waals surface area contributed by atoms with Gasteiger partial charge in [0.15, 0.2) is 5.16 Å². The molecule has 0 aliphatic carbocycles. The SMILES string of the molecule is COc1nc(N)nc(SCc2cc(C)cc(C)c2)n1. The van der Waals surface area contributed by atoms with Crippen LogP contribution in [-0.2, 0) is 5.75 Å². The van der Waals surface area contributed by atoms with Gasteiger partial charge in [0, 0.05) is 5.75 Å². The van der Waals surface area contributed by atoms with Gasteiger partial charge in [0.25, 0.3) is 0 Å². The molecule has 1 aromatic heterocycles. The van der Waals surface area contributed by atoms with Crippen LogP contribution < -0.4 is 10.5 Å². The van der Waals surface area contributed by atoms with Crippen LogP contribution in [0, 0.1) is 13.8 Å². The van der Waals surface area contributed by atoms with E-state index in [-0.39, 0.29) is 12.0 Å². The summed E-state index contributed by atoms with van der Waals surface area (Å²) in [7, 11) is 1.51. The molecule has 0 spiro atoms. The van der Waals surface area contributed by atoms with Gasteiger partial charge in [-0.05, 0) is 19.4 Å². The van der Waals surface area contributed by atoms with Gasteiger partial charge in [-0.1, -0.05) is 41.1 Å². The van der Waals surface area contributed by atoms with Gasteiger partial charge in [-0.3, -0.25) is 0 Å². The first-order valence-electron chi connectivity index (χ1n) is 5.82. The number of aryl methyl sites for hydroxylation is 2. The number of nitrogens with zero attached hydrogens (tertiary/aromatic N) is 3. The van der Waals surface area contributed by atoms with Crippen LogP contribution in [0.15, 0.2) is 23.4 Å². The predicted molar refractivity (Wildman–Crippen MR) is 76.3 cm³/mol. The Morgan fingerprint density at radius 1 is 1.11 bits per heavy atom. The Hall–Kier alpha value is -1.82. The molecule has 5 nitrogen and oxygen atoms in total. The third-order valence-corrected chi connectivity index (χ3v) is 3.36. The van der Waals surface area contributed by atoms with Gasteiger partial charge in [0.05, 0.1) is 7.11 Å². The monoisotopic (exact) mass is 276 g/mol. The molecule has 0 aliphatic heterocycles. The Balaban J connectivity index is 2.11. The van der Waals surface area contributed by atoms with Crippen molar-refractivity contribution in [3.63, 3.8) is 0 Å². The molecule has 0 saturated carbocycles. The zero-order chi connectivity index (χ0) is 13.8. The largest absolute Gasteiger partial charge is 0.467 e. The van der Waals surface area contributed by atoms with E-state index in [1.54, 1.807) is 0 Å². The van der Waals surface area contributed by atoms with Crippen molar-refractivity contribution >= 4 is 17.7 Å². The molecule has 100 valence electrons. The summed E-state index contributed by atoms with van der Waals surface area (Å²) >= 11 is 1.51. The lowest BCUT2D eigenvalue weighted by atomic mass is 10.1. The van der Waals surface area contributed by atoms with Crippen molar-refractivity contribution in [1.29, 1.82) is 0 Å². The van der Waals surface area contributed by atoms with Gasteiger partial charge in [-0.2, -0.15) is 15.0 Å². The summed E-state index contributed by atoms with van der Waals surface area (Å²) in [6.45, 7) is 4.18. The van der Waals surface area contributed by atoms with Crippen LogP contribution in [0.3, 0.4) is 0 Å². The highest BCUT2D eigenvalue weighted by molar-refractivity contribution is 7.98. The van der Waals surface area contributed by atoms with E-state index >= 15 is 0 Å². The van der Waals surface area contributed by atoms with Gasteiger partial charge in [-0.25, -0.2) is 0 Å². The van der Waals surface area contributed by atoms with Crippen LogP contribution in [-0.4, -0.2) is 22.1 Å². The minimum Gasteiger partial charge on any atom is -0.467 e. The van der Waals surface area contributed by atoms with Crippen molar-refractivity contribution < 1.29 is 4.74 Å². The molecule has 0 amide bonds. The fourth-order valence-electron chi connectivity index (χ4n) is 1.81. The maximum absolute atomic E-state index is 5.60. The summed E-state index contributed by atoms with van der Waals surface area (Å²) in [6, 6.07) is 6.71. The Bertz CT molecular complexity index is 569. The molecule has 0 unspecified atom stereocenters. The average molecular weight is 276 g/mol. The molecule has 1 aromatic carbocycles. The van der Waals surface area contributed by atoms with E-state index < -0.39 is 0 Å². The third-order valence-electron chi connectivity index (χ3n) is 2.44. The number of nitrogen functional groups attached to an aromatic ring is 1. The maximum Gasteiger partial charge on any atom is 0.321 e. The predicted octanol–water partition coefficient (Wildman–Crippen LogP) is 2.37. The summed E-state index contributed by atoms with van der Waals surface area (Å²) in [5.74, 6) is 0.963. The Morgan fingerprint density at radius 2 is 1.79 bits per heavy atom. The topological polar surface area (TPSA) is 73.9 Å².